The summed E-state index contributed by atoms with van der Waals surface area (Å²) in [7, 11) is -1.67. The fraction of sp³-hybridized carbons (Fsp3) is 0.429. The molecule has 0 saturated carbocycles. The van der Waals surface area contributed by atoms with Gasteiger partial charge in [0.25, 0.3) is 5.91 Å². The van der Waals surface area contributed by atoms with Crippen molar-refractivity contribution in [1.82, 2.24) is 15.4 Å². The molecule has 2 aromatic rings. The van der Waals surface area contributed by atoms with Crippen LogP contribution in [0.25, 0.3) is 10.2 Å². The van der Waals surface area contributed by atoms with Crippen LogP contribution in [-0.2, 0) is 21.1 Å². The van der Waals surface area contributed by atoms with Crippen LogP contribution < -0.4 is 5.48 Å². The highest BCUT2D eigenvalue weighted by Gasteiger charge is 2.43. The fourth-order valence-electron chi connectivity index (χ4n) is 3.12. The number of nitrogens with one attached hydrogen (secondary N) is 1. The van der Waals surface area contributed by atoms with Gasteiger partial charge in [-0.15, -0.1) is 11.3 Å². The Bertz CT molecular complexity index is 1190. The number of nitrogens with zero attached hydrogens (tertiary/aromatic N) is 2. The lowest BCUT2D eigenvalue weighted by Gasteiger charge is -2.32. The first kappa shape index (κ1) is 22.3. The minimum Gasteiger partial charge on any atom is -0.304 e. The van der Waals surface area contributed by atoms with E-state index in [0.29, 0.717) is 17.3 Å². The van der Waals surface area contributed by atoms with E-state index >= 15 is 0 Å². The van der Waals surface area contributed by atoms with Crippen LogP contribution in [0.5, 0.6) is 0 Å². The Morgan fingerprint density at radius 2 is 2.13 bits per heavy atom. The van der Waals surface area contributed by atoms with E-state index in [0.717, 1.165) is 35.1 Å². The lowest BCUT2D eigenvalue weighted by Crippen LogP contribution is -2.49. The number of carbonyl (C=O) groups excluding carboxylic acids is 1. The molecule has 0 unspecified atom stereocenters. The molecule has 7 nitrogen and oxygen atoms in total. The van der Waals surface area contributed by atoms with E-state index in [1.807, 2.05) is 18.2 Å². The predicted octanol–water partition coefficient (Wildman–Crippen LogP) is 1.45. The largest absolute Gasteiger partial charge is 0.304 e. The molecule has 0 bridgehead atoms. The van der Waals surface area contributed by atoms with Crippen LogP contribution in [0, 0.1) is 29.6 Å². The molecule has 0 radical (unpaired) electrons. The van der Waals surface area contributed by atoms with Gasteiger partial charge in [0, 0.05) is 37.2 Å². The summed E-state index contributed by atoms with van der Waals surface area (Å²) in [4.78, 5) is 18.7. The normalized spacial score (nSPS) is 16.5. The van der Waals surface area contributed by atoms with Gasteiger partial charge < -0.3 is 4.90 Å². The van der Waals surface area contributed by atoms with Crippen LogP contribution in [0.15, 0.2) is 18.2 Å². The monoisotopic (exact) mass is 445 g/mol. The molecule has 1 aliphatic heterocycles. The summed E-state index contributed by atoms with van der Waals surface area (Å²) in [6.07, 6.45) is 1.28. The first-order valence-corrected chi connectivity index (χ1v) is 12.1. The average molecular weight is 446 g/mol. The molecule has 30 heavy (non-hydrogen) atoms. The van der Waals surface area contributed by atoms with E-state index in [4.69, 9.17) is 5.21 Å². The summed E-state index contributed by atoms with van der Waals surface area (Å²) >= 11 is 1.43. The molecular weight excluding hydrogens is 422 g/mol. The number of aryl methyl sites for hydroxylation is 1. The van der Waals surface area contributed by atoms with Gasteiger partial charge in [0.15, 0.2) is 9.84 Å². The van der Waals surface area contributed by atoms with Crippen LogP contribution in [0.1, 0.15) is 23.9 Å². The Labute approximate surface area is 180 Å². The minimum absolute atomic E-state index is 0.0106. The van der Waals surface area contributed by atoms with Crippen LogP contribution in [0.2, 0.25) is 0 Å². The summed E-state index contributed by atoms with van der Waals surface area (Å²) in [5, 5.41) is 9.63. The van der Waals surface area contributed by atoms with E-state index in [1.165, 1.54) is 23.7 Å². The van der Waals surface area contributed by atoms with Crippen molar-refractivity contribution in [2.75, 3.05) is 26.4 Å². The quantitative estimate of drug-likeness (QED) is 0.411. The van der Waals surface area contributed by atoms with Gasteiger partial charge in [0.05, 0.1) is 15.2 Å². The Balaban J connectivity index is 1.72. The summed E-state index contributed by atoms with van der Waals surface area (Å²) in [5.74, 6) is 11.4. The number of amides is 1. The first-order chi connectivity index (χ1) is 14.1. The van der Waals surface area contributed by atoms with Gasteiger partial charge in [0.1, 0.15) is 4.75 Å². The SMILES string of the molecule is CN1CC(C#CC#Cc2ccc3nc(CC[C@](C)(C(=O)NO)S(C)(=O)=O)sc3c2)C1. The molecule has 3 rings (SSSR count). The molecular formula is C21H23N3O4S2. The molecule has 1 amide bonds. The van der Waals surface area contributed by atoms with Gasteiger partial charge in [-0.2, -0.15) is 0 Å². The maximum atomic E-state index is 12.1. The smallest absolute Gasteiger partial charge is 0.264 e. The Morgan fingerprint density at radius 1 is 1.40 bits per heavy atom. The molecule has 1 aromatic heterocycles. The van der Waals surface area contributed by atoms with Crippen molar-refractivity contribution in [3.63, 3.8) is 0 Å². The van der Waals surface area contributed by atoms with Crippen molar-refractivity contribution in [2.24, 2.45) is 5.92 Å². The van der Waals surface area contributed by atoms with Crippen molar-refractivity contribution >= 4 is 37.3 Å². The van der Waals surface area contributed by atoms with Crippen molar-refractivity contribution in [2.45, 2.75) is 24.5 Å². The average Bonchev–Trinajstić information content (AvgIpc) is 3.08. The molecule has 9 heteroatoms. The van der Waals surface area contributed by atoms with Crippen molar-refractivity contribution in [1.29, 1.82) is 0 Å². The zero-order valence-corrected chi connectivity index (χ0v) is 18.7. The van der Waals surface area contributed by atoms with Crippen LogP contribution in [0.3, 0.4) is 0 Å². The topological polar surface area (TPSA) is 99.6 Å². The van der Waals surface area contributed by atoms with Gasteiger partial charge in [-0.05, 0) is 50.4 Å². The van der Waals surface area contributed by atoms with Crippen molar-refractivity contribution in [3.8, 4) is 23.7 Å². The molecule has 1 atom stereocenters. The number of hydrogen-bond donors (Lipinski definition) is 2. The number of fused-ring (bicyclic) bond motifs is 1. The number of thiazole rings is 1. The number of likely N-dealkylation sites (tertiary alicyclic amines) is 1. The van der Waals surface area contributed by atoms with Crippen molar-refractivity contribution in [3.05, 3.63) is 28.8 Å². The fourth-order valence-corrected chi connectivity index (χ4v) is 4.98. The van der Waals surface area contributed by atoms with Crippen LogP contribution >= 0.6 is 11.3 Å². The van der Waals surface area contributed by atoms with Crippen molar-refractivity contribution < 1.29 is 18.4 Å². The second-order valence-corrected chi connectivity index (χ2v) is 11.2. The zero-order chi connectivity index (χ0) is 21.9. The summed E-state index contributed by atoms with van der Waals surface area (Å²) in [6.45, 7) is 3.28. The highest BCUT2D eigenvalue weighted by Crippen LogP contribution is 2.28. The second-order valence-electron chi connectivity index (χ2n) is 7.67. The predicted molar refractivity (Wildman–Crippen MR) is 117 cm³/mol. The van der Waals surface area contributed by atoms with Gasteiger partial charge in [-0.1, -0.05) is 11.8 Å². The summed E-state index contributed by atoms with van der Waals surface area (Å²) in [6, 6.07) is 5.67. The Kier molecular flexibility index (Phi) is 6.49. The van der Waals surface area contributed by atoms with E-state index in [1.54, 1.807) is 0 Å². The standard InChI is InChI=1S/C21H23N3O4S2/c1-21(20(25)23-26,30(3,27)28)11-10-19-22-17-9-8-15(12-18(17)29-19)6-4-5-7-16-13-24(2)14-16/h8-9,12,16,26H,10-11,13-14H2,1-3H3,(H,23,25)/t21-/m1/s1. The number of hydrogen-bond acceptors (Lipinski definition) is 7. The molecule has 0 aliphatic carbocycles. The molecule has 1 saturated heterocycles. The number of carbonyl (C=O) groups is 1. The lowest BCUT2D eigenvalue weighted by atomic mass is 10.0. The van der Waals surface area contributed by atoms with E-state index in [-0.39, 0.29) is 6.42 Å². The molecule has 2 heterocycles. The second kappa shape index (κ2) is 8.75. The number of rotatable bonds is 5. The highest BCUT2D eigenvalue weighted by molar-refractivity contribution is 7.92. The number of benzene rings is 1. The number of sulfone groups is 1. The van der Waals surface area contributed by atoms with Gasteiger partial charge in [0.2, 0.25) is 0 Å². The third-order valence-electron chi connectivity index (χ3n) is 5.26. The maximum Gasteiger partial charge on any atom is 0.264 e. The van der Waals surface area contributed by atoms with E-state index in [9.17, 15) is 13.2 Å². The molecule has 0 spiro atoms. The van der Waals surface area contributed by atoms with E-state index in [2.05, 4.69) is 40.6 Å². The molecule has 1 fully saturated rings. The Hall–Kier alpha value is -2.43. The zero-order valence-electron chi connectivity index (χ0n) is 17.0. The third-order valence-corrected chi connectivity index (χ3v) is 8.36. The van der Waals surface area contributed by atoms with Gasteiger partial charge in [-0.25, -0.2) is 18.9 Å². The highest BCUT2D eigenvalue weighted by atomic mass is 32.2. The maximum absolute atomic E-state index is 12.1. The third kappa shape index (κ3) is 4.82. The van der Waals surface area contributed by atoms with E-state index < -0.39 is 20.5 Å². The van der Waals surface area contributed by atoms with Crippen LogP contribution in [-0.4, -0.2) is 60.6 Å². The molecule has 2 N–H and O–H groups in total. The number of aromatic nitrogens is 1. The minimum atomic E-state index is -3.73. The van der Waals surface area contributed by atoms with Crippen LogP contribution in [0.4, 0.5) is 0 Å². The Morgan fingerprint density at radius 3 is 2.77 bits per heavy atom. The molecule has 158 valence electrons. The molecule has 1 aromatic carbocycles. The van der Waals surface area contributed by atoms with Gasteiger partial charge in [-0.3, -0.25) is 10.0 Å². The summed E-state index contributed by atoms with van der Waals surface area (Å²) < 4.78 is 23.4. The lowest BCUT2D eigenvalue weighted by molar-refractivity contribution is -0.131. The molecule has 1 aliphatic rings. The first-order valence-electron chi connectivity index (χ1n) is 9.36. The van der Waals surface area contributed by atoms with Gasteiger partial charge >= 0.3 is 0 Å². The summed E-state index contributed by atoms with van der Waals surface area (Å²) in [5.41, 5.74) is 3.08. The number of hydroxylamine groups is 1.